The highest BCUT2D eigenvalue weighted by atomic mass is 32.1. The van der Waals surface area contributed by atoms with Crippen LogP contribution in [-0.2, 0) is 4.79 Å². The van der Waals surface area contributed by atoms with E-state index in [1.54, 1.807) is 29.8 Å². The maximum Gasteiger partial charge on any atom is 0.245 e. The molecule has 120 valence electrons. The molecule has 1 unspecified atom stereocenters. The van der Waals surface area contributed by atoms with Crippen LogP contribution in [0.4, 0.5) is 10.8 Å². The van der Waals surface area contributed by atoms with Crippen LogP contribution in [0.5, 0.6) is 5.75 Å². The highest BCUT2D eigenvalue weighted by molar-refractivity contribution is 7.13. The number of nitrogens with zero attached hydrogens (tertiary/aromatic N) is 2. The summed E-state index contributed by atoms with van der Waals surface area (Å²) >= 11 is 1.37. The summed E-state index contributed by atoms with van der Waals surface area (Å²) < 4.78 is 5.79. The van der Waals surface area contributed by atoms with E-state index in [1.165, 1.54) is 18.3 Å². The Hall–Kier alpha value is -2.41. The van der Waals surface area contributed by atoms with Crippen LogP contribution in [0.2, 0.25) is 0 Å². The van der Waals surface area contributed by atoms with Crippen molar-refractivity contribution in [3.05, 3.63) is 35.3 Å². The van der Waals surface area contributed by atoms with E-state index in [2.05, 4.69) is 10.3 Å². The number of ether oxygens (including phenoxy) is 1. The molecule has 0 fully saturated rings. The standard InChI is InChI=1S/C16H17N3O3S/c1-10-8-19(9-15(21)18-16-17-5-6-23-16)13-7-12(11(2)20)3-4-14(13)22-10/h3-7,10H,8-9H2,1-2H3,(H,17,18,21). The van der Waals surface area contributed by atoms with E-state index in [4.69, 9.17) is 4.74 Å². The number of amides is 1. The Morgan fingerprint density at radius 1 is 1.48 bits per heavy atom. The average molecular weight is 331 g/mol. The Balaban J connectivity index is 1.81. The van der Waals surface area contributed by atoms with Gasteiger partial charge in [-0.25, -0.2) is 4.98 Å². The number of hydrogen-bond donors (Lipinski definition) is 1. The predicted molar refractivity (Wildman–Crippen MR) is 89.5 cm³/mol. The van der Waals surface area contributed by atoms with Gasteiger partial charge in [0.25, 0.3) is 0 Å². The number of carbonyl (C=O) groups excluding carboxylic acids is 2. The molecule has 3 rings (SSSR count). The van der Waals surface area contributed by atoms with E-state index in [1.807, 2.05) is 11.8 Å². The number of hydrogen-bond acceptors (Lipinski definition) is 6. The molecule has 2 aromatic rings. The number of nitrogens with one attached hydrogen (secondary N) is 1. The van der Waals surface area contributed by atoms with Gasteiger partial charge in [0.2, 0.25) is 5.91 Å². The molecule has 0 bridgehead atoms. The van der Waals surface area contributed by atoms with Gasteiger partial charge in [0.1, 0.15) is 11.9 Å². The number of anilines is 2. The number of benzene rings is 1. The van der Waals surface area contributed by atoms with Crippen molar-refractivity contribution < 1.29 is 14.3 Å². The minimum Gasteiger partial charge on any atom is -0.487 e. The Morgan fingerprint density at radius 2 is 2.30 bits per heavy atom. The fraction of sp³-hybridized carbons (Fsp3) is 0.312. The fourth-order valence-electron chi connectivity index (χ4n) is 2.51. The Bertz CT molecular complexity index is 730. The molecule has 1 amide bonds. The number of fused-ring (bicyclic) bond motifs is 1. The van der Waals surface area contributed by atoms with Crippen LogP contribution >= 0.6 is 11.3 Å². The van der Waals surface area contributed by atoms with E-state index in [0.29, 0.717) is 23.0 Å². The van der Waals surface area contributed by atoms with E-state index in [0.717, 1.165) is 5.69 Å². The lowest BCUT2D eigenvalue weighted by molar-refractivity contribution is -0.115. The second-order valence-corrected chi connectivity index (χ2v) is 6.33. The van der Waals surface area contributed by atoms with Gasteiger partial charge in [0.05, 0.1) is 18.8 Å². The first-order chi connectivity index (χ1) is 11.0. The van der Waals surface area contributed by atoms with Crippen LogP contribution in [0.3, 0.4) is 0 Å². The molecule has 1 N–H and O–H groups in total. The maximum absolute atomic E-state index is 12.2. The lowest BCUT2D eigenvalue weighted by Gasteiger charge is -2.34. The predicted octanol–water partition coefficient (Wildman–Crippen LogP) is 2.57. The number of aromatic nitrogens is 1. The second-order valence-electron chi connectivity index (χ2n) is 5.43. The molecule has 0 spiro atoms. The summed E-state index contributed by atoms with van der Waals surface area (Å²) in [6.07, 6.45) is 1.62. The molecular weight excluding hydrogens is 314 g/mol. The van der Waals surface area contributed by atoms with Crippen LogP contribution < -0.4 is 15.0 Å². The molecule has 7 heteroatoms. The molecule has 2 heterocycles. The van der Waals surface area contributed by atoms with Gasteiger partial charge in [-0.2, -0.15) is 0 Å². The first-order valence-corrected chi connectivity index (χ1v) is 8.17. The van der Waals surface area contributed by atoms with Crippen molar-refractivity contribution in [2.24, 2.45) is 0 Å². The molecule has 0 aliphatic carbocycles. The van der Waals surface area contributed by atoms with Gasteiger partial charge in [0.15, 0.2) is 10.9 Å². The molecule has 1 aromatic carbocycles. The fourth-order valence-corrected chi connectivity index (χ4v) is 3.06. The van der Waals surface area contributed by atoms with E-state index in [-0.39, 0.29) is 24.3 Å². The Morgan fingerprint density at radius 3 is 3.00 bits per heavy atom. The van der Waals surface area contributed by atoms with Gasteiger partial charge in [-0.3, -0.25) is 9.59 Å². The van der Waals surface area contributed by atoms with Crippen molar-refractivity contribution >= 4 is 33.8 Å². The van der Waals surface area contributed by atoms with Gasteiger partial charge in [-0.1, -0.05) is 0 Å². The minimum absolute atomic E-state index is 0.0152. The van der Waals surface area contributed by atoms with E-state index in [9.17, 15) is 9.59 Å². The molecule has 23 heavy (non-hydrogen) atoms. The monoisotopic (exact) mass is 331 g/mol. The summed E-state index contributed by atoms with van der Waals surface area (Å²) in [4.78, 5) is 29.8. The first kappa shape index (κ1) is 15.5. The minimum atomic E-state index is -0.145. The molecule has 1 atom stereocenters. The SMILES string of the molecule is CC(=O)c1ccc2c(c1)N(CC(=O)Nc1nccs1)CC(C)O2. The van der Waals surface area contributed by atoms with E-state index < -0.39 is 0 Å². The summed E-state index contributed by atoms with van der Waals surface area (Å²) in [5, 5.41) is 5.16. The van der Waals surface area contributed by atoms with E-state index >= 15 is 0 Å². The number of rotatable bonds is 4. The third kappa shape index (κ3) is 3.50. The maximum atomic E-state index is 12.2. The van der Waals surface area contributed by atoms with Crippen molar-refractivity contribution in [2.45, 2.75) is 20.0 Å². The topological polar surface area (TPSA) is 71.5 Å². The average Bonchev–Trinajstić information content (AvgIpc) is 2.99. The highest BCUT2D eigenvalue weighted by Crippen LogP contribution is 2.34. The molecular formula is C16H17N3O3S. The van der Waals surface area contributed by atoms with Gasteiger partial charge >= 0.3 is 0 Å². The lowest BCUT2D eigenvalue weighted by Crippen LogP contribution is -2.42. The van der Waals surface area contributed by atoms with Gasteiger partial charge < -0.3 is 15.0 Å². The zero-order chi connectivity index (χ0) is 16.4. The van der Waals surface area contributed by atoms with Gasteiger partial charge in [0, 0.05) is 17.1 Å². The largest absolute Gasteiger partial charge is 0.487 e. The number of thiazole rings is 1. The van der Waals surface area contributed by atoms with Crippen molar-refractivity contribution in [1.29, 1.82) is 0 Å². The molecule has 1 aliphatic rings. The van der Waals surface area contributed by atoms with Crippen LogP contribution in [0.1, 0.15) is 24.2 Å². The summed E-state index contributed by atoms with van der Waals surface area (Å²) in [6.45, 7) is 4.24. The third-order valence-corrected chi connectivity index (χ3v) is 4.21. The number of Topliss-reactive ketones (excluding diaryl/α,β-unsaturated/α-hetero) is 1. The smallest absolute Gasteiger partial charge is 0.245 e. The zero-order valence-electron chi connectivity index (χ0n) is 12.9. The van der Waals surface area contributed by atoms with Crippen molar-refractivity contribution in [3.63, 3.8) is 0 Å². The van der Waals surface area contributed by atoms with Crippen LogP contribution in [-0.4, -0.2) is 35.9 Å². The first-order valence-electron chi connectivity index (χ1n) is 7.29. The molecule has 1 aromatic heterocycles. The van der Waals surface area contributed by atoms with Crippen LogP contribution in [0.15, 0.2) is 29.8 Å². The number of ketones is 1. The molecule has 1 aliphatic heterocycles. The number of carbonyl (C=O) groups is 2. The van der Waals surface area contributed by atoms with Gasteiger partial charge in [-0.15, -0.1) is 11.3 Å². The summed E-state index contributed by atoms with van der Waals surface area (Å²) in [6, 6.07) is 5.31. The van der Waals surface area contributed by atoms with Crippen molar-refractivity contribution in [3.8, 4) is 5.75 Å². The normalized spacial score (nSPS) is 16.4. The zero-order valence-corrected chi connectivity index (χ0v) is 13.7. The molecule has 0 saturated carbocycles. The third-order valence-electron chi connectivity index (χ3n) is 3.52. The molecule has 0 saturated heterocycles. The molecule has 0 radical (unpaired) electrons. The second kappa shape index (κ2) is 6.37. The van der Waals surface area contributed by atoms with Crippen LogP contribution in [0, 0.1) is 0 Å². The molecule has 6 nitrogen and oxygen atoms in total. The Kier molecular flexibility index (Phi) is 4.29. The summed E-state index contributed by atoms with van der Waals surface area (Å²) in [7, 11) is 0. The highest BCUT2D eigenvalue weighted by Gasteiger charge is 2.25. The quantitative estimate of drug-likeness (QED) is 0.872. The summed E-state index contributed by atoms with van der Waals surface area (Å²) in [5.74, 6) is 0.530. The lowest BCUT2D eigenvalue weighted by atomic mass is 10.1. The summed E-state index contributed by atoms with van der Waals surface area (Å²) in [5.41, 5.74) is 1.37. The Labute approximate surface area is 138 Å². The van der Waals surface area contributed by atoms with Crippen molar-refractivity contribution in [2.75, 3.05) is 23.3 Å². The van der Waals surface area contributed by atoms with Crippen LogP contribution in [0.25, 0.3) is 0 Å². The van der Waals surface area contributed by atoms with Crippen molar-refractivity contribution in [1.82, 2.24) is 4.98 Å². The van der Waals surface area contributed by atoms with Gasteiger partial charge in [-0.05, 0) is 32.0 Å².